The minimum absolute atomic E-state index is 0.107. The number of nitrogens with one attached hydrogen (secondary N) is 1. The van der Waals surface area contributed by atoms with E-state index in [2.05, 4.69) is 5.32 Å². The van der Waals surface area contributed by atoms with Gasteiger partial charge in [0.05, 0.1) is 18.6 Å². The van der Waals surface area contributed by atoms with Crippen LogP contribution in [0.15, 0.2) is 53.4 Å². The summed E-state index contributed by atoms with van der Waals surface area (Å²) in [6, 6.07) is 14.4. The largest absolute Gasteiger partial charge is 0.495 e. The summed E-state index contributed by atoms with van der Waals surface area (Å²) in [6.45, 7) is 0. The topological polar surface area (TPSA) is 55.4 Å². The lowest BCUT2D eigenvalue weighted by Crippen LogP contribution is -2.14. The monoisotopic (exact) mass is 301 g/mol. The van der Waals surface area contributed by atoms with Crippen molar-refractivity contribution in [1.82, 2.24) is 0 Å². The molecule has 0 radical (unpaired) electrons. The van der Waals surface area contributed by atoms with Gasteiger partial charge in [-0.1, -0.05) is 24.3 Å². The van der Waals surface area contributed by atoms with Crippen molar-refractivity contribution in [3.63, 3.8) is 0 Å². The first-order chi connectivity index (χ1) is 10.2. The molecule has 0 saturated heterocycles. The SMILES string of the molecule is COc1ccccc1NC(=O)CSc1ccc(C=O)cc1. The van der Waals surface area contributed by atoms with Crippen LogP contribution in [0.1, 0.15) is 10.4 Å². The van der Waals surface area contributed by atoms with Gasteiger partial charge in [-0.25, -0.2) is 0 Å². The van der Waals surface area contributed by atoms with Gasteiger partial charge < -0.3 is 10.1 Å². The smallest absolute Gasteiger partial charge is 0.234 e. The summed E-state index contributed by atoms with van der Waals surface area (Å²) in [5, 5.41) is 2.81. The van der Waals surface area contributed by atoms with E-state index in [1.54, 1.807) is 31.4 Å². The second-order valence-corrected chi connectivity index (χ2v) is 5.27. The second kappa shape index (κ2) is 7.50. The maximum atomic E-state index is 11.9. The molecule has 0 atom stereocenters. The number of hydrogen-bond acceptors (Lipinski definition) is 4. The van der Waals surface area contributed by atoms with Crippen LogP contribution in [0.4, 0.5) is 5.69 Å². The molecular weight excluding hydrogens is 286 g/mol. The number of carbonyl (C=O) groups excluding carboxylic acids is 2. The molecule has 21 heavy (non-hydrogen) atoms. The summed E-state index contributed by atoms with van der Waals surface area (Å²) < 4.78 is 5.18. The molecule has 0 bridgehead atoms. The Hall–Kier alpha value is -2.27. The second-order valence-electron chi connectivity index (χ2n) is 4.22. The third kappa shape index (κ3) is 4.36. The van der Waals surface area contributed by atoms with E-state index in [1.807, 2.05) is 24.3 Å². The summed E-state index contributed by atoms with van der Waals surface area (Å²) in [7, 11) is 1.56. The first kappa shape index (κ1) is 15.1. The summed E-state index contributed by atoms with van der Waals surface area (Å²) in [4.78, 5) is 23.4. The molecule has 1 N–H and O–H groups in total. The van der Waals surface area contributed by atoms with Crippen molar-refractivity contribution < 1.29 is 14.3 Å². The molecule has 0 unspecified atom stereocenters. The van der Waals surface area contributed by atoms with Crippen molar-refractivity contribution in [2.75, 3.05) is 18.2 Å². The fourth-order valence-electron chi connectivity index (χ4n) is 1.73. The zero-order chi connectivity index (χ0) is 15.1. The van der Waals surface area contributed by atoms with E-state index in [0.29, 0.717) is 22.8 Å². The van der Waals surface area contributed by atoms with Gasteiger partial charge in [0.2, 0.25) is 5.91 Å². The van der Waals surface area contributed by atoms with Gasteiger partial charge in [0.1, 0.15) is 12.0 Å². The lowest BCUT2D eigenvalue weighted by atomic mass is 10.2. The Morgan fingerprint density at radius 3 is 2.57 bits per heavy atom. The molecule has 0 aliphatic heterocycles. The average molecular weight is 301 g/mol. The van der Waals surface area contributed by atoms with Gasteiger partial charge in [-0.3, -0.25) is 9.59 Å². The number of carbonyl (C=O) groups is 2. The highest BCUT2D eigenvalue weighted by atomic mass is 32.2. The highest BCUT2D eigenvalue weighted by molar-refractivity contribution is 8.00. The number of para-hydroxylation sites is 2. The number of hydrogen-bond donors (Lipinski definition) is 1. The lowest BCUT2D eigenvalue weighted by Gasteiger charge is -2.09. The van der Waals surface area contributed by atoms with Gasteiger partial charge in [-0.2, -0.15) is 0 Å². The third-order valence-corrected chi connectivity index (χ3v) is 3.78. The van der Waals surface area contributed by atoms with E-state index in [4.69, 9.17) is 4.74 Å². The first-order valence-electron chi connectivity index (χ1n) is 6.34. The van der Waals surface area contributed by atoms with Gasteiger partial charge in [0, 0.05) is 10.5 Å². The first-order valence-corrected chi connectivity index (χ1v) is 7.32. The Bertz CT molecular complexity index is 626. The van der Waals surface area contributed by atoms with Gasteiger partial charge >= 0.3 is 0 Å². The molecule has 2 rings (SSSR count). The molecule has 0 aliphatic carbocycles. The maximum Gasteiger partial charge on any atom is 0.234 e. The average Bonchev–Trinajstić information content (AvgIpc) is 2.54. The maximum absolute atomic E-state index is 11.9. The van der Waals surface area contributed by atoms with E-state index in [0.717, 1.165) is 11.2 Å². The molecule has 4 nitrogen and oxygen atoms in total. The molecule has 0 aliphatic rings. The van der Waals surface area contributed by atoms with Crippen molar-refractivity contribution in [3.05, 3.63) is 54.1 Å². The zero-order valence-electron chi connectivity index (χ0n) is 11.5. The van der Waals surface area contributed by atoms with Crippen LogP contribution in [0.2, 0.25) is 0 Å². The van der Waals surface area contributed by atoms with Crippen molar-refractivity contribution in [3.8, 4) is 5.75 Å². The predicted molar refractivity (Wildman–Crippen MR) is 84.2 cm³/mol. The van der Waals surface area contributed by atoms with Crippen LogP contribution < -0.4 is 10.1 Å². The number of aldehydes is 1. The zero-order valence-corrected chi connectivity index (χ0v) is 12.4. The Morgan fingerprint density at radius 2 is 1.90 bits per heavy atom. The Balaban J connectivity index is 1.91. The van der Waals surface area contributed by atoms with Crippen molar-refractivity contribution in [1.29, 1.82) is 0 Å². The van der Waals surface area contributed by atoms with Gasteiger partial charge in [0.15, 0.2) is 0 Å². The molecule has 0 spiro atoms. The number of ether oxygens (including phenoxy) is 1. The fourth-order valence-corrected chi connectivity index (χ4v) is 2.42. The number of anilines is 1. The predicted octanol–water partition coefficient (Wildman–Crippen LogP) is 3.24. The highest BCUT2D eigenvalue weighted by Gasteiger charge is 2.07. The number of benzene rings is 2. The Morgan fingerprint density at radius 1 is 1.19 bits per heavy atom. The van der Waals surface area contributed by atoms with Crippen molar-refractivity contribution in [2.45, 2.75) is 4.90 Å². The molecule has 0 fully saturated rings. The van der Waals surface area contributed by atoms with E-state index in [1.165, 1.54) is 11.8 Å². The minimum atomic E-state index is -0.107. The molecular formula is C16H15NO3S. The Kier molecular flexibility index (Phi) is 5.40. The normalized spacial score (nSPS) is 9.95. The molecule has 1 amide bonds. The van der Waals surface area contributed by atoms with E-state index in [9.17, 15) is 9.59 Å². The van der Waals surface area contributed by atoms with E-state index >= 15 is 0 Å². The molecule has 2 aromatic rings. The number of thioether (sulfide) groups is 1. The quantitative estimate of drug-likeness (QED) is 0.657. The van der Waals surface area contributed by atoms with Crippen LogP contribution >= 0.6 is 11.8 Å². The summed E-state index contributed by atoms with van der Waals surface area (Å²) in [5.41, 5.74) is 1.28. The molecule has 0 heterocycles. The van der Waals surface area contributed by atoms with Crippen LogP contribution in [0, 0.1) is 0 Å². The van der Waals surface area contributed by atoms with Crippen LogP contribution in [-0.2, 0) is 4.79 Å². The van der Waals surface area contributed by atoms with E-state index < -0.39 is 0 Å². The molecule has 108 valence electrons. The standard InChI is InChI=1S/C16H15NO3S/c1-20-15-5-3-2-4-14(15)17-16(19)11-21-13-8-6-12(10-18)7-9-13/h2-10H,11H2,1H3,(H,17,19). The van der Waals surface area contributed by atoms with Crippen LogP contribution in [0.25, 0.3) is 0 Å². The number of amides is 1. The Labute approximate surface area is 127 Å². The van der Waals surface area contributed by atoms with Gasteiger partial charge in [0.25, 0.3) is 0 Å². The minimum Gasteiger partial charge on any atom is -0.495 e. The molecule has 0 saturated carbocycles. The fraction of sp³-hybridized carbons (Fsp3) is 0.125. The molecule has 0 aromatic heterocycles. The lowest BCUT2D eigenvalue weighted by molar-refractivity contribution is -0.113. The van der Waals surface area contributed by atoms with Crippen molar-refractivity contribution in [2.24, 2.45) is 0 Å². The van der Waals surface area contributed by atoms with E-state index in [-0.39, 0.29) is 5.91 Å². The van der Waals surface area contributed by atoms with Crippen molar-refractivity contribution >= 4 is 29.6 Å². The molecule has 2 aromatic carbocycles. The summed E-state index contributed by atoms with van der Waals surface area (Å²) >= 11 is 1.41. The summed E-state index contributed by atoms with van der Waals surface area (Å²) in [6.07, 6.45) is 0.794. The third-order valence-electron chi connectivity index (χ3n) is 2.77. The van der Waals surface area contributed by atoms with Gasteiger partial charge in [-0.05, 0) is 24.3 Å². The highest BCUT2D eigenvalue weighted by Crippen LogP contribution is 2.24. The van der Waals surface area contributed by atoms with Gasteiger partial charge in [-0.15, -0.1) is 11.8 Å². The summed E-state index contributed by atoms with van der Waals surface area (Å²) in [5.74, 6) is 0.813. The molecule has 5 heteroatoms. The van der Waals surface area contributed by atoms with Crippen LogP contribution in [-0.4, -0.2) is 25.1 Å². The number of methoxy groups -OCH3 is 1. The van der Waals surface area contributed by atoms with Crippen LogP contribution in [0.5, 0.6) is 5.75 Å². The van der Waals surface area contributed by atoms with Crippen LogP contribution in [0.3, 0.4) is 0 Å². The number of rotatable bonds is 6.